The van der Waals surface area contributed by atoms with Crippen molar-refractivity contribution in [3.05, 3.63) is 53.1 Å². The van der Waals surface area contributed by atoms with E-state index in [2.05, 4.69) is 17.1 Å². The molecule has 1 aliphatic rings. The lowest BCUT2D eigenvalue weighted by molar-refractivity contribution is 0.0746. The number of rotatable bonds is 9. The molecule has 3 N–H and O–H groups in total. The highest BCUT2D eigenvalue weighted by Crippen LogP contribution is 2.30. The van der Waals surface area contributed by atoms with Crippen LogP contribution in [0.3, 0.4) is 0 Å². The van der Waals surface area contributed by atoms with E-state index in [0.29, 0.717) is 43.4 Å². The number of nitrogens with zero attached hydrogens (tertiary/aromatic N) is 2. The van der Waals surface area contributed by atoms with Gasteiger partial charge in [0.05, 0.1) is 30.0 Å². The molecule has 2 aromatic rings. The van der Waals surface area contributed by atoms with E-state index in [0.717, 1.165) is 23.5 Å². The number of halogens is 1. The van der Waals surface area contributed by atoms with Crippen LogP contribution in [0, 0.1) is 0 Å². The van der Waals surface area contributed by atoms with Gasteiger partial charge in [-0.3, -0.25) is 4.79 Å². The molecular weight excluding hydrogens is 418 g/mol. The second-order valence-corrected chi connectivity index (χ2v) is 7.94. The fourth-order valence-corrected chi connectivity index (χ4v) is 3.72. The Morgan fingerprint density at radius 2 is 1.87 bits per heavy atom. The van der Waals surface area contributed by atoms with E-state index in [-0.39, 0.29) is 19.1 Å². The highest BCUT2D eigenvalue weighted by Gasteiger charge is 2.23. The summed E-state index contributed by atoms with van der Waals surface area (Å²) < 4.78 is 5.58. The molecule has 2 aromatic carbocycles. The van der Waals surface area contributed by atoms with Gasteiger partial charge in [0.1, 0.15) is 5.75 Å². The number of anilines is 2. The van der Waals surface area contributed by atoms with Gasteiger partial charge in [-0.25, -0.2) is 0 Å². The van der Waals surface area contributed by atoms with Gasteiger partial charge in [0.25, 0.3) is 5.91 Å². The summed E-state index contributed by atoms with van der Waals surface area (Å²) in [6.07, 6.45) is 0.130. The van der Waals surface area contributed by atoms with Gasteiger partial charge >= 0.3 is 0 Å². The first-order valence-corrected chi connectivity index (χ1v) is 11.0. The van der Waals surface area contributed by atoms with Crippen molar-refractivity contribution >= 4 is 28.9 Å². The highest BCUT2D eigenvalue weighted by atomic mass is 35.5. The largest absolute Gasteiger partial charge is 0.494 e. The van der Waals surface area contributed by atoms with E-state index in [1.165, 1.54) is 0 Å². The lowest BCUT2D eigenvalue weighted by Crippen LogP contribution is -2.48. The van der Waals surface area contributed by atoms with Gasteiger partial charge in [0, 0.05) is 44.0 Å². The fraction of sp³-hybridized carbons (Fsp3) is 0.435. The molecule has 3 rings (SSSR count). The number of aliphatic hydroxyl groups excluding tert-OH is 2. The summed E-state index contributed by atoms with van der Waals surface area (Å²) in [5.74, 6) is 0.802. The Morgan fingerprint density at radius 1 is 1.16 bits per heavy atom. The van der Waals surface area contributed by atoms with Crippen LogP contribution in [0.5, 0.6) is 5.75 Å². The highest BCUT2D eigenvalue weighted by molar-refractivity contribution is 6.33. The van der Waals surface area contributed by atoms with E-state index >= 15 is 0 Å². The molecule has 0 radical (unpaired) electrons. The number of benzene rings is 2. The topological polar surface area (TPSA) is 85.3 Å². The molecule has 1 fully saturated rings. The summed E-state index contributed by atoms with van der Waals surface area (Å²) in [5.41, 5.74) is 2.36. The Hall–Kier alpha value is -2.48. The first-order chi connectivity index (χ1) is 15.0. The second kappa shape index (κ2) is 11.2. The van der Waals surface area contributed by atoms with Crippen molar-refractivity contribution in [2.75, 3.05) is 56.2 Å². The zero-order valence-corrected chi connectivity index (χ0v) is 18.5. The molecule has 0 spiro atoms. The minimum Gasteiger partial charge on any atom is -0.494 e. The van der Waals surface area contributed by atoms with Crippen molar-refractivity contribution in [2.24, 2.45) is 0 Å². The van der Waals surface area contributed by atoms with Crippen LogP contribution in [-0.4, -0.2) is 73.1 Å². The van der Waals surface area contributed by atoms with E-state index < -0.39 is 6.10 Å². The van der Waals surface area contributed by atoms with Crippen molar-refractivity contribution in [2.45, 2.75) is 19.4 Å². The van der Waals surface area contributed by atoms with Gasteiger partial charge in [-0.2, -0.15) is 0 Å². The number of hydrogen-bond donors (Lipinski definition) is 3. The Morgan fingerprint density at radius 3 is 2.48 bits per heavy atom. The molecular formula is C23H30ClN3O4. The average molecular weight is 448 g/mol. The molecule has 1 atom stereocenters. The molecule has 0 aromatic heterocycles. The Bertz CT molecular complexity index is 854. The zero-order chi connectivity index (χ0) is 22.2. The molecule has 1 amide bonds. The molecule has 0 saturated carbocycles. The van der Waals surface area contributed by atoms with Crippen LogP contribution in [0.2, 0.25) is 5.02 Å². The van der Waals surface area contributed by atoms with Crippen LogP contribution in [0.25, 0.3) is 0 Å². The quantitative estimate of drug-likeness (QED) is 0.548. The third-order valence-corrected chi connectivity index (χ3v) is 5.48. The number of hydrogen-bond acceptors (Lipinski definition) is 6. The molecule has 1 unspecified atom stereocenters. The molecule has 1 heterocycles. The maximum Gasteiger partial charge on any atom is 0.253 e. The molecule has 0 aliphatic carbocycles. The lowest BCUT2D eigenvalue weighted by Gasteiger charge is -2.36. The zero-order valence-electron chi connectivity index (χ0n) is 17.8. The minimum atomic E-state index is -0.816. The van der Waals surface area contributed by atoms with E-state index in [9.17, 15) is 9.90 Å². The number of aliphatic hydroxyl groups is 2. The van der Waals surface area contributed by atoms with Gasteiger partial charge in [-0.15, -0.1) is 0 Å². The van der Waals surface area contributed by atoms with Gasteiger partial charge in [-0.05, 0) is 48.9 Å². The van der Waals surface area contributed by atoms with E-state index in [1.54, 1.807) is 6.07 Å². The number of amides is 1. The second-order valence-electron chi connectivity index (χ2n) is 7.54. The maximum absolute atomic E-state index is 12.8. The number of ether oxygens (including phenoxy) is 1. The molecule has 1 saturated heterocycles. The summed E-state index contributed by atoms with van der Waals surface area (Å²) in [6.45, 7) is 5.30. The summed E-state index contributed by atoms with van der Waals surface area (Å²) in [5, 5.41) is 22.0. The van der Waals surface area contributed by atoms with Gasteiger partial charge in [0.15, 0.2) is 0 Å². The molecule has 8 heteroatoms. The average Bonchev–Trinajstić information content (AvgIpc) is 2.81. The van der Waals surface area contributed by atoms with Crippen molar-refractivity contribution in [1.82, 2.24) is 4.90 Å². The van der Waals surface area contributed by atoms with Crippen LogP contribution in [-0.2, 0) is 0 Å². The van der Waals surface area contributed by atoms with Gasteiger partial charge in [-0.1, -0.05) is 18.5 Å². The van der Waals surface area contributed by atoms with Crippen LogP contribution >= 0.6 is 11.6 Å². The number of carbonyl (C=O) groups is 1. The van der Waals surface area contributed by atoms with Gasteiger partial charge < -0.3 is 30.1 Å². The monoisotopic (exact) mass is 447 g/mol. The van der Waals surface area contributed by atoms with Crippen molar-refractivity contribution in [3.8, 4) is 5.75 Å². The first-order valence-electron chi connectivity index (χ1n) is 10.6. The SMILES string of the molecule is CCCOc1ccc(C(=O)N2CCN(c3ccc(NCC(O)CO)cc3Cl)CC2)cc1. The first kappa shape index (κ1) is 23.2. The molecule has 7 nitrogen and oxygen atoms in total. The molecule has 1 aliphatic heterocycles. The summed E-state index contributed by atoms with van der Waals surface area (Å²) >= 11 is 6.47. The predicted molar refractivity (Wildman–Crippen MR) is 123 cm³/mol. The van der Waals surface area contributed by atoms with E-state index in [4.69, 9.17) is 21.4 Å². The van der Waals surface area contributed by atoms with Crippen molar-refractivity contribution in [1.29, 1.82) is 0 Å². The normalized spacial score (nSPS) is 15.0. The standard InChI is InChI=1S/C23H30ClN3O4/c1-2-13-31-20-6-3-17(4-7-20)23(30)27-11-9-26(10-12-27)22-8-5-18(14-21(22)24)25-15-19(29)16-28/h3-8,14,19,25,28-29H,2,9-13,15-16H2,1H3. The third-order valence-electron chi connectivity index (χ3n) is 5.18. The third kappa shape index (κ3) is 6.26. The molecule has 31 heavy (non-hydrogen) atoms. The smallest absolute Gasteiger partial charge is 0.253 e. The van der Waals surface area contributed by atoms with Gasteiger partial charge in [0.2, 0.25) is 0 Å². The number of carbonyl (C=O) groups excluding carboxylic acids is 1. The van der Waals surface area contributed by atoms with E-state index in [1.807, 2.05) is 41.3 Å². The molecule has 0 bridgehead atoms. The number of piperazine rings is 1. The minimum absolute atomic E-state index is 0.0229. The Labute approximate surface area is 188 Å². The summed E-state index contributed by atoms with van der Waals surface area (Å²) in [6, 6.07) is 12.9. The van der Waals surface area contributed by atoms with Crippen molar-refractivity contribution in [3.63, 3.8) is 0 Å². The molecule has 168 valence electrons. The Kier molecular flexibility index (Phi) is 8.40. The van der Waals surface area contributed by atoms with Crippen LogP contribution in [0.1, 0.15) is 23.7 Å². The Balaban J connectivity index is 1.54. The predicted octanol–water partition coefficient (Wildman–Crippen LogP) is 2.86. The summed E-state index contributed by atoms with van der Waals surface area (Å²) in [7, 11) is 0. The van der Waals surface area contributed by atoms with Crippen LogP contribution < -0.4 is 15.0 Å². The van der Waals surface area contributed by atoms with Crippen molar-refractivity contribution < 1.29 is 19.7 Å². The van der Waals surface area contributed by atoms with Crippen LogP contribution in [0.4, 0.5) is 11.4 Å². The lowest BCUT2D eigenvalue weighted by atomic mass is 10.1. The summed E-state index contributed by atoms with van der Waals surface area (Å²) in [4.78, 5) is 16.9. The van der Waals surface area contributed by atoms with Crippen LogP contribution in [0.15, 0.2) is 42.5 Å². The fourth-order valence-electron chi connectivity index (χ4n) is 3.42. The maximum atomic E-state index is 12.8. The number of nitrogens with one attached hydrogen (secondary N) is 1.